The number of amides is 1. The minimum atomic E-state index is 0.129. The molecule has 0 aromatic heterocycles. The quantitative estimate of drug-likeness (QED) is 0.754. The first kappa shape index (κ1) is 12.8. The zero-order chi connectivity index (χ0) is 12.1. The number of nitrogens with one attached hydrogen (secondary N) is 1. The fraction of sp³-hybridized carbons (Fsp3) is 0.923. The average molecular weight is 239 g/mol. The second-order valence-electron chi connectivity index (χ2n) is 5.47. The lowest BCUT2D eigenvalue weighted by Gasteiger charge is -2.41. The van der Waals surface area contributed by atoms with E-state index in [2.05, 4.69) is 10.2 Å². The van der Waals surface area contributed by atoms with Crippen molar-refractivity contribution >= 4 is 5.91 Å². The van der Waals surface area contributed by atoms with E-state index in [4.69, 9.17) is 5.73 Å². The van der Waals surface area contributed by atoms with E-state index in [9.17, 15) is 4.79 Å². The molecule has 1 saturated carbocycles. The first-order chi connectivity index (χ1) is 8.29. The Morgan fingerprint density at radius 1 is 1.24 bits per heavy atom. The second kappa shape index (κ2) is 6.36. The SMILES string of the molecule is NCCNC(=O)CN1CCC2CCCCC2C1. The zero-order valence-corrected chi connectivity index (χ0v) is 10.7. The average Bonchev–Trinajstić information content (AvgIpc) is 2.36. The molecule has 17 heavy (non-hydrogen) atoms. The second-order valence-corrected chi connectivity index (χ2v) is 5.47. The van der Waals surface area contributed by atoms with Gasteiger partial charge in [-0.1, -0.05) is 19.3 Å². The van der Waals surface area contributed by atoms with Gasteiger partial charge in [0.1, 0.15) is 0 Å². The third kappa shape index (κ3) is 3.68. The van der Waals surface area contributed by atoms with Crippen LogP contribution in [0.4, 0.5) is 0 Å². The number of nitrogens with two attached hydrogens (primary N) is 1. The molecule has 3 N–H and O–H groups in total. The topological polar surface area (TPSA) is 58.4 Å². The normalized spacial score (nSPS) is 29.7. The van der Waals surface area contributed by atoms with E-state index in [1.807, 2.05) is 0 Å². The summed E-state index contributed by atoms with van der Waals surface area (Å²) in [6.45, 7) is 3.90. The van der Waals surface area contributed by atoms with Gasteiger partial charge in [-0.15, -0.1) is 0 Å². The molecular formula is C13H25N3O. The summed E-state index contributed by atoms with van der Waals surface area (Å²) in [6, 6.07) is 0. The molecule has 4 nitrogen and oxygen atoms in total. The zero-order valence-electron chi connectivity index (χ0n) is 10.7. The van der Waals surface area contributed by atoms with E-state index in [1.165, 1.54) is 32.1 Å². The van der Waals surface area contributed by atoms with E-state index in [0.717, 1.165) is 24.9 Å². The van der Waals surface area contributed by atoms with Gasteiger partial charge in [-0.3, -0.25) is 9.69 Å². The molecule has 0 spiro atoms. The van der Waals surface area contributed by atoms with Crippen molar-refractivity contribution in [2.75, 3.05) is 32.7 Å². The monoisotopic (exact) mass is 239 g/mol. The molecule has 2 atom stereocenters. The predicted octanol–water partition coefficient (Wildman–Crippen LogP) is 0.573. The number of carbonyl (C=O) groups is 1. The molecule has 2 rings (SSSR count). The molecule has 0 bridgehead atoms. The fourth-order valence-electron chi connectivity index (χ4n) is 3.29. The van der Waals surface area contributed by atoms with Crippen molar-refractivity contribution in [3.05, 3.63) is 0 Å². The third-order valence-electron chi connectivity index (χ3n) is 4.21. The summed E-state index contributed by atoms with van der Waals surface area (Å²) in [5, 5.41) is 2.85. The van der Waals surface area contributed by atoms with Gasteiger partial charge in [-0.25, -0.2) is 0 Å². The van der Waals surface area contributed by atoms with Gasteiger partial charge in [0.25, 0.3) is 0 Å². The van der Waals surface area contributed by atoms with Gasteiger partial charge in [0.15, 0.2) is 0 Å². The van der Waals surface area contributed by atoms with Gasteiger partial charge in [0.05, 0.1) is 6.54 Å². The van der Waals surface area contributed by atoms with Gasteiger partial charge in [0.2, 0.25) is 5.91 Å². The molecule has 2 aliphatic rings. The largest absolute Gasteiger partial charge is 0.354 e. The minimum absolute atomic E-state index is 0.129. The van der Waals surface area contributed by atoms with Crippen molar-refractivity contribution in [3.63, 3.8) is 0 Å². The number of hydrogen-bond acceptors (Lipinski definition) is 3. The fourth-order valence-corrected chi connectivity index (χ4v) is 3.29. The van der Waals surface area contributed by atoms with Crippen LogP contribution in [0.25, 0.3) is 0 Å². The van der Waals surface area contributed by atoms with E-state index in [1.54, 1.807) is 0 Å². The number of likely N-dealkylation sites (tertiary alicyclic amines) is 1. The summed E-state index contributed by atoms with van der Waals surface area (Å²) in [5.74, 6) is 1.91. The van der Waals surface area contributed by atoms with Crippen LogP contribution in [0, 0.1) is 11.8 Å². The Hall–Kier alpha value is -0.610. The predicted molar refractivity (Wildman–Crippen MR) is 68.6 cm³/mol. The third-order valence-corrected chi connectivity index (χ3v) is 4.21. The maximum Gasteiger partial charge on any atom is 0.234 e. The lowest BCUT2D eigenvalue weighted by Crippen LogP contribution is -2.46. The molecule has 1 heterocycles. The highest BCUT2D eigenvalue weighted by Gasteiger charge is 2.31. The molecule has 1 amide bonds. The standard InChI is InChI=1S/C13H25N3O/c14-6-7-15-13(17)10-16-8-5-11-3-1-2-4-12(11)9-16/h11-12H,1-10,14H2,(H,15,17). The highest BCUT2D eigenvalue weighted by atomic mass is 16.2. The highest BCUT2D eigenvalue weighted by Crippen LogP contribution is 2.35. The number of hydrogen-bond donors (Lipinski definition) is 2. The molecule has 98 valence electrons. The van der Waals surface area contributed by atoms with Crippen molar-refractivity contribution in [3.8, 4) is 0 Å². The van der Waals surface area contributed by atoms with Crippen LogP contribution in [0.1, 0.15) is 32.1 Å². The summed E-state index contributed by atoms with van der Waals surface area (Å²) in [5.41, 5.74) is 5.37. The van der Waals surface area contributed by atoms with Crippen LogP contribution in [0.2, 0.25) is 0 Å². The van der Waals surface area contributed by atoms with Crippen molar-refractivity contribution in [1.82, 2.24) is 10.2 Å². The maximum absolute atomic E-state index is 11.6. The van der Waals surface area contributed by atoms with Crippen molar-refractivity contribution in [1.29, 1.82) is 0 Å². The Morgan fingerprint density at radius 2 is 2.00 bits per heavy atom. The van der Waals surface area contributed by atoms with Crippen LogP contribution in [0.3, 0.4) is 0 Å². The number of rotatable bonds is 4. The van der Waals surface area contributed by atoms with E-state index in [-0.39, 0.29) is 5.91 Å². The van der Waals surface area contributed by atoms with Crippen molar-refractivity contribution < 1.29 is 4.79 Å². The molecule has 1 saturated heterocycles. The number of nitrogens with zero attached hydrogens (tertiary/aromatic N) is 1. The lowest BCUT2D eigenvalue weighted by molar-refractivity contribution is -0.122. The number of piperidine rings is 1. The summed E-state index contributed by atoms with van der Waals surface area (Å²) < 4.78 is 0. The van der Waals surface area contributed by atoms with Crippen LogP contribution in [0.5, 0.6) is 0 Å². The summed E-state index contributed by atoms with van der Waals surface area (Å²) in [4.78, 5) is 13.9. The van der Waals surface area contributed by atoms with Crippen LogP contribution < -0.4 is 11.1 Å². The Labute approximate surface area is 104 Å². The molecule has 0 aromatic carbocycles. The Morgan fingerprint density at radius 3 is 2.76 bits per heavy atom. The molecule has 2 fully saturated rings. The molecule has 0 aromatic rings. The smallest absolute Gasteiger partial charge is 0.234 e. The molecular weight excluding hydrogens is 214 g/mol. The van der Waals surface area contributed by atoms with E-state index < -0.39 is 0 Å². The van der Waals surface area contributed by atoms with Crippen molar-refractivity contribution in [2.24, 2.45) is 17.6 Å². The van der Waals surface area contributed by atoms with Gasteiger partial charge in [-0.05, 0) is 31.2 Å². The van der Waals surface area contributed by atoms with Crippen LogP contribution >= 0.6 is 0 Å². The summed E-state index contributed by atoms with van der Waals surface area (Å²) >= 11 is 0. The summed E-state index contributed by atoms with van der Waals surface area (Å²) in [6.07, 6.45) is 6.87. The molecule has 1 aliphatic carbocycles. The van der Waals surface area contributed by atoms with Gasteiger partial charge in [-0.2, -0.15) is 0 Å². The Kier molecular flexibility index (Phi) is 4.80. The van der Waals surface area contributed by atoms with Gasteiger partial charge in [0, 0.05) is 19.6 Å². The maximum atomic E-state index is 11.6. The summed E-state index contributed by atoms with van der Waals surface area (Å²) in [7, 11) is 0. The van der Waals surface area contributed by atoms with Gasteiger partial charge >= 0.3 is 0 Å². The first-order valence-corrected chi connectivity index (χ1v) is 6.98. The Balaban J connectivity index is 1.73. The highest BCUT2D eigenvalue weighted by molar-refractivity contribution is 5.78. The molecule has 1 aliphatic heterocycles. The van der Waals surface area contributed by atoms with Crippen molar-refractivity contribution in [2.45, 2.75) is 32.1 Å². The van der Waals surface area contributed by atoms with Crippen LogP contribution in [-0.2, 0) is 4.79 Å². The first-order valence-electron chi connectivity index (χ1n) is 6.98. The number of fused-ring (bicyclic) bond motifs is 1. The van der Waals surface area contributed by atoms with Crippen LogP contribution in [-0.4, -0.2) is 43.5 Å². The van der Waals surface area contributed by atoms with E-state index in [0.29, 0.717) is 19.6 Å². The van der Waals surface area contributed by atoms with Gasteiger partial charge < -0.3 is 11.1 Å². The molecule has 0 radical (unpaired) electrons. The minimum Gasteiger partial charge on any atom is -0.354 e. The van der Waals surface area contributed by atoms with E-state index >= 15 is 0 Å². The van der Waals surface area contributed by atoms with Crippen LogP contribution in [0.15, 0.2) is 0 Å². The lowest BCUT2D eigenvalue weighted by atomic mass is 9.75. The number of carbonyl (C=O) groups excluding carboxylic acids is 1. The molecule has 4 heteroatoms. The molecule has 2 unspecified atom stereocenters. The Bertz CT molecular complexity index is 257.